The summed E-state index contributed by atoms with van der Waals surface area (Å²) in [6.45, 7) is 6.92. The Kier molecular flexibility index (Phi) is 4.18. The fraction of sp³-hybridized carbons (Fsp3) is 0.692. The van der Waals surface area contributed by atoms with Crippen LogP contribution in [0.3, 0.4) is 0 Å². The van der Waals surface area contributed by atoms with Gasteiger partial charge >= 0.3 is 0 Å². The molecule has 0 unspecified atom stereocenters. The average Bonchev–Trinajstić information content (AvgIpc) is 2.58. The lowest BCUT2D eigenvalue weighted by molar-refractivity contribution is 0.155. The highest BCUT2D eigenvalue weighted by Gasteiger charge is 2.33. The molecule has 2 rings (SSSR count). The van der Waals surface area contributed by atoms with E-state index in [4.69, 9.17) is 29.6 Å². The summed E-state index contributed by atoms with van der Waals surface area (Å²) in [6, 6.07) is 0. The van der Waals surface area contributed by atoms with Gasteiger partial charge in [-0.2, -0.15) is 5.10 Å². The number of nitrogens with two attached hydrogens (primary N) is 1. The van der Waals surface area contributed by atoms with Gasteiger partial charge in [0.1, 0.15) is 0 Å². The Hall–Kier alpha value is -0.650. The zero-order chi connectivity index (χ0) is 14.2. The molecule has 106 valence electrons. The lowest BCUT2D eigenvalue weighted by atomic mass is 9.80. The number of hydrogen-bond donors (Lipinski definition) is 1. The van der Waals surface area contributed by atoms with E-state index in [2.05, 4.69) is 16.9 Å². The molecule has 1 saturated heterocycles. The maximum Gasteiger partial charge on any atom is 0.0860 e. The van der Waals surface area contributed by atoms with E-state index in [9.17, 15) is 0 Å². The van der Waals surface area contributed by atoms with Crippen molar-refractivity contribution >= 4 is 28.8 Å². The Labute approximate surface area is 124 Å². The first-order chi connectivity index (χ1) is 8.83. The summed E-state index contributed by atoms with van der Waals surface area (Å²) in [7, 11) is 1.94. The van der Waals surface area contributed by atoms with Crippen molar-refractivity contribution in [2.24, 2.45) is 18.2 Å². The number of aryl methyl sites for hydroxylation is 2. The third kappa shape index (κ3) is 2.93. The highest BCUT2D eigenvalue weighted by molar-refractivity contribution is 7.80. The molecule has 0 radical (unpaired) electrons. The molecular weight excluding hydrogens is 280 g/mol. The third-order valence-corrected chi connectivity index (χ3v) is 5.17. The second kappa shape index (κ2) is 5.38. The second-order valence-electron chi connectivity index (χ2n) is 5.67. The first-order valence-electron chi connectivity index (χ1n) is 6.54. The summed E-state index contributed by atoms with van der Waals surface area (Å²) in [6.07, 6.45) is 2.02. The van der Waals surface area contributed by atoms with Crippen molar-refractivity contribution < 1.29 is 0 Å². The molecule has 1 aromatic rings. The van der Waals surface area contributed by atoms with Crippen LogP contribution in [0.15, 0.2) is 0 Å². The van der Waals surface area contributed by atoms with Gasteiger partial charge in [-0.25, -0.2) is 0 Å². The Morgan fingerprint density at radius 3 is 2.47 bits per heavy atom. The van der Waals surface area contributed by atoms with Crippen LogP contribution in [0.25, 0.3) is 0 Å². The van der Waals surface area contributed by atoms with Crippen molar-refractivity contribution in [2.45, 2.75) is 33.2 Å². The van der Waals surface area contributed by atoms with E-state index in [1.54, 1.807) is 0 Å². The molecule has 2 heterocycles. The monoisotopic (exact) mass is 300 g/mol. The largest absolute Gasteiger partial charge is 0.393 e. The van der Waals surface area contributed by atoms with E-state index in [1.807, 2.05) is 18.7 Å². The van der Waals surface area contributed by atoms with Gasteiger partial charge in [-0.3, -0.25) is 9.58 Å². The van der Waals surface area contributed by atoms with Crippen molar-refractivity contribution in [1.82, 2.24) is 14.7 Å². The maximum atomic E-state index is 6.29. The Balaban J connectivity index is 2.02. The molecule has 0 aromatic carbocycles. The Morgan fingerprint density at radius 2 is 2.05 bits per heavy atom. The molecule has 6 heteroatoms. The zero-order valence-electron chi connectivity index (χ0n) is 11.7. The van der Waals surface area contributed by atoms with Crippen molar-refractivity contribution in [2.75, 3.05) is 13.1 Å². The van der Waals surface area contributed by atoms with Crippen molar-refractivity contribution in [3.05, 3.63) is 16.4 Å². The molecule has 0 aliphatic carbocycles. The summed E-state index contributed by atoms with van der Waals surface area (Å²) in [5.74, 6) is 0. The lowest BCUT2D eigenvalue weighted by Crippen LogP contribution is -2.44. The van der Waals surface area contributed by atoms with Crippen LogP contribution in [0.5, 0.6) is 0 Å². The van der Waals surface area contributed by atoms with Crippen LogP contribution in [0.4, 0.5) is 0 Å². The molecule has 19 heavy (non-hydrogen) atoms. The minimum atomic E-state index is 0.0119. The average molecular weight is 301 g/mol. The summed E-state index contributed by atoms with van der Waals surface area (Å²) in [4.78, 5) is 3.03. The first kappa shape index (κ1) is 14.8. The quantitative estimate of drug-likeness (QED) is 0.870. The van der Waals surface area contributed by atoms with Gasteiger partial charge in [0.25, 0.3) is 0 Å². The minimum absolute atomic E-state index is 0.0119. The molecule has 2 N–H and O–H groups in total. The third-order valence-electron chi connectivity index (χ3n) is 4.19. The van der Waals surface area contributed by atoms with Crippen LogP contribution in [-0.2, 0) is 13.6 Å². The van der Waals surface area contributed by atoms with E-state index in [-0.39, 0.29) is 5.41 Å². The molecular formula is C13H21ClN4S. The Bertz CT molecular complexity index is 489. The Morgan fingerprint density at radius 1 is 1.47 bits per heavy atom. The van der Waals surface area contributed by atoms with Gasteiger partial charge in [-0.15, -0.1) is 0 Å². The molecule has 1 fully saturated rings. The fourth-order valence-electron chi connectivity index (χ4n) is 2.51. The lowest BCUT2D eigenvalue weighted by Gasteiger charge is -2.38. The molecule has 1 aromatic heterocycles. The second-order valence-corrected chi connectivity index (χ2v) is 6.49. The number of halogens is 1. The fourth-order valence-corrected chi connectivity index (χ4v) is 2.94. The summed E-state index contributed by atoms with van der Waals surface area (Å²) >= 11 is 11.5. The van der Waals surface area contributed by atoms with Gasteiger partial charge in [-0.05, 0) is 32.9 Å². The number of piperidine rings is 1. The number of hydrogen-bond acceptors (Lipinski definition) is 3. The summed E-state index contributed by atoms with van der Waals surface area (Å²) < 4.78 is 1.87. The highest BCUT2D eigenvalue weighted by Crippen LogP contribution is 2.32. The highest BCUT2D eigenvalue weighted by atomic mass is 35.5. The first-order valence-corrected chi connectivity index (χ1v) is 7.32. The van der Waals surface area contributed by atoms with Gasteiger partial charge in [0.05, 0.1) is 21.4 Å². The van der Waals surface area contributed by atoms with E-state index in [0.717, 1.165) is 48.9 Å². The summed E-state index contributed by atoms with van der Waals surface area (Å²) in [5.41, 5.74) is 7.81. The number of rotatable bonds is 3. The molecule has 1 aliphatic heterocycles. The van der Waals surface area contributed by atoms with Crippen molar-refractivity contribution in [3.8, 4) is 0 Å². The standard InChI is InChI=1S/C13H21ClN4S/c1-9-11(14)10(17(3)16-9)8-18-6-4-13(2,5-7-18)12(15)19/h4-8H2,1-3H3,(H2,15,19). The molecule has 0 atom stereocenters. The molecule has 4 nitrogen and oxygen atoms in total. The maximum absolute atomic E-state index is 6.29. The summed E-state index contributed by atoms with van der Waals surface area (Å²) in [5, 5.41) is 5.13. The van der Waals surface area contributed by atoms with Gasteiger partial charge in [0.2, 0.25) is 0 Å². The predicted molar refractivity (Wildman–Crippen MR) is 82.4 cm³/mol. The van der Waals surface area contributed by atoms with Gasteiger partial charge in [0, 0.05) is 19.0 Å². The van der Waals surface area contributed by atoms with E-state index in [1.165, 1.54) is 0 Å². The van der Waals surface area contributed by atoms with Crippen LogP contribution in [-0.4, -0.2) is 32.8 Å². The van der Waals surface area contributed by atoms with E-state index < -0.39 is 0 Å². The number of aromatic nitrogens is 2. The van der Waals surface area contributed by atoms with Crippen LogP contribution in [0.1, 0.15) is 31.2 Å². The molecule has 0 spiro atoms. The number of likely N-dealkylation sites (tertiary alicyclic amines) is 1. The van der Waals surface area contributed by atoms with Crippen molar-refractivity contribution in [3.63, 3.8) is 0 Å². The topological polar surface area (TPSA) is 47.1 Å². The van der Waals surface area contributed by atoms with Gasteiger partial charge in [-0.1, -0.05) is 30.7 Å². The smallest absolute Gasteiger partial charge is 0.0860 e. The molecule has 0 bridgehead atoms. The predicted octanol–water partition coefficient (Wildman–Crippen LogP) is 2.27. The molecule has 0 amide bonds. The SMILES string of the molecule is Cc1nn(C)c(CN2CCC(C)(C(N)=S)CC2)c1Cl. The number of nitrogens with zero attached hydrogens (tertiary/aromatic N) is 3. The van der Waals surface area contributed by atoms with E-state index >= 15 is 0 Å². The van der Waals surface area contributed by atoms with Crippen LogP contribution < -0.4 is 5.73 Å². The molecule has 1 aliphatic rings. The van der Waals surface area contributed by atoms with Gasteiger partial charge < -0.3 is 5.73 Å². The van der Waals surface area contributed by atoms with E-state index in [0.29, 0.717) is 4.99 Å². The van der Waals surface area contributed by atoms with Crippen LogP contribution in [0.2, 0.25) is 5.02 Å². The van der Waals surface area contributed by atoms with Gasteiger partial charge in [0.15, 0.2) is 0 Å². The zero-order valence-corrected chi connectivity index (χ0v) is 13.3. The van der Waals surface area contributed by atoms with Crippen molar-refractivity contribution in [1.29, 1.82) is 0 Å². The molecule has 0 saturated carbocycles. The normalized spacial score (nSPS) is 19.6. The van der Waals surface area contributed by atoms with Crippen LogP contribution >= 0.6 is 23.8 Å². The number of thiocarbonyl (C=S) groups is 1. The van der Waals surface area contributed by atoms with Crippen LogP contribution in [0, 0.1) is 12.3 Å². The minimum Gasteiger partial charge on any atom is -0.393 e.